The molecule has 2 rings (SSSR count). The van der Waals surface area contributed by atoms with Crippen molar-refractivity contribution in [2.75, 3.05) is 6.61 Å². The fourth-order valence-electron chi connectivity index (χ4n) is 3.89. The third-order valence-electron chi connectivity index (χ3n) is 5.93. The van der Waals surface area contributed by atoms with Crippen LogP contribution in [-0.4, -0.2) is 22.8 Å². The van der Waals surface area contributed by atoms with E-state index >= 15 is 0 Å². The minimum absolute atomic E-state index is 0.0261. The molecule has 34 heavy (non-hydrogen) atoms. The van der Waals surface area contributed by atoms with E-state index in [2.05, 4.69) is 26.8 Å². The molecule has 2 aromatic rings. The minimum atomic E-state index is -0.537. The minimum Gasteiger partial charge on any atom is -0.508 e. The van der Waals surface area contributed by atoms with Crippen LogP contribution < -0.4 is 0 Å². The van der Waals surface area contributed by atoms with E-state index in [-0.39, 0.29) is 23.7 Å². The second kappa shape index (κ2) is 14.3. The van der Waals surface area contributed by atoms with Gasteiger partial charge in [-0.05, 0) is 70.1 Å². The van der Waals surface area contributed by atoms with Crippen molar-refractivity contribution in [1.29, 1.82) is 0 Å². The topological polar surface area (TPSA) is 66.8 Å². The normalized spacial score (nSPS) is 11.4. The molecule has 4 heteroatoms. The fraction of sp³-hybridized carbons (Fsp3) is 0.433. The Bertz CT molecular complexity index is 983. The summed E-state index contributed by atoms with van der Waals surface area (Å²) in [7, 11) is 0. The van der Waals surface area contributed by atoms with E-state index in [1.165, 1.54) is 11.1 Å². The molecule has 0 fully saturated rings. The van der Waals surface area contributed by atoms with Crippen LogP contribution in [0.3, 0.4) is 0 Å². The molecule has 0 amide bonds. The van der Waals surface area contributed by atoms with Crippen LogP contribution in [-0.2, 0) is 24.0 Å². The lowest BCUT2D eigenvalue weighted by Gasteiger charge is -2.16. The smallest absolute Gasteiger partial charge is 0.342 e. The summed E-state index contributed by atoms with van der Waals surface area (Å²) in [4.78, 5) is 13.0. The van der Waals surface area contributed by atoms with Crippen molar-refractivity contribution in [1.82, 2.24) is 0 Å². The summed E-state index contributed by atoms with van der Waals surface area (Å²) in [5, 5.41) is 21.7. The molecule has 4 nitrogen and oxygen atoms in total. The van der Waals surface area contributed by atoms with Crippen molar-refractivity contribution in [2.45, 2.75) is 79.1 Å². The molecular weight excluding hydrogens is 424 g/mol. The molecule has 0 aliphatic carbocycles. The van der Waals surface area contributed by atoms with Crippen LogP contribution in [0.2, 0.25) is 0 Å². The maximum Gasteiger partial charge on any atom is 0.342 e. The Morgan fingerprint density at radius 3 is 2.41 bits per heavy atom. The molecule has 0 aliphatic heterocycles. The summed E-state index contributed by atoms with van der Waals surface area (Å²) in [6, 6.07) is 11.5. The summed E-state index contributed by atoms with van der Waals surface area (Å²) >= 11 is 0. The Labute approximate surface area is 205 Å². The van der Waals surface area contributed by atoms with Crippen molar-refractivity contribution < 1.29 is 19.7 Å². The van der Waals surface area contributed by atoms with E-state index in [0.29, 0.717) is 30.4 Å². The number of hydrogen-bond donors (Lipinski definition) is 2. The number of phenols is 2. The predicted octanol–water partition coefficient (Wildman–Crippen LogP) is 7.47. The van der Waals surface area contributed by atoms with Gasteiger partial charge < -0.3 is 14.9 Å². The molecular formula is C30H40O4. The van der Waals surface area contributed by atoms with Gasteiger partial charge in [0, 0.05) is 12.0 Å². The summed E-state index contributed by atoms with van der Waals surface area (Å²) in [5.41, 5.74) is 4.75. The highest BCUT2D eigenvalue weighted by atomic mass is 16.5. The molecule has 0 saturated heterocycles. The molecule has 2 aromatic carbocycles. The molecule has 0 atom stereocenters. The Hall–Kier alpha value is -3.01. The Morgan fingerprint density at radius 1 is 1.00 bits per heavy atom. The molecule has 0 spiro atoms. The Morgan fingerprint density at radius 2 is 1.74 bits per heavy atom. The lowest BCUT2D eigenvalue weighted by molar-refractivity contribution is 0.0504. The summed E-state index contributed by atoms with van der Waals surface area (Å²) in [6.07, 6.45) is 10.6. The van der Waals surface area contributed by atoms with Gasteiger partial charge in [-0.1, -0.05) is 73.4 Å². The quantitative estimate of drug-likeness (QED) is 0.183. The van der Waals surface area contributed by atoms with Crippen LogP contribution in [0.5, 0.6) is 11.5 Å². The number of esters is 1. The average Bonchev–Trinajstić information content (AvgIpc) is 2.79. The molecule has 0 bridgehead atoms. The predicted molar refractivity (Wildman–Crippen MR) is 140 cm³/mol. The van der Waals surface area contributed by atoms with Crippen molar-refractivity contribution in [2.24, 2.45) is 0 Å². The maximum atomic E-state index is 13.0. The number of phenolic OH excluding ortho intramolecular Hbond substituents is 2. The number of carbonyl (C=O) groups is 1. The maximum absolute atomic E-state index is 13.0. The van der Waals surface area contributed by atoms with Gasteiger partial charge >= 0.3 is 5.97 Å². The fourth-order valence-corrected chi connectivity index (χ4v) is 3.89. The van der Waals surface area contributed by atoms with Crippen LogP contribution >= 0.6 is 0 Å². The van der Waals surface area contributed by atoms with E-state index in [4.69, 9.17) is 4.74 Å². The second-order valence-electron chi connectivity index (χ2n) is 9.16. The number of benzene rings is 2. The first-order valence-electron chi connectivity index (χ1n) is 12.4. The highest BCUT2D eigenvalue weighted by Gasteiger charge is 2.23. The summed E-state index contributed by atoms with van der Waals surface area (Å²) in [6.45, 7) is 8.56. The van der Waals surface area contributed by atoms with Gasteiger partial charge in [0.05, 0.1) is 6.61 Å². The number of ether oxygens (including phenoxy) is 1. The van der Waals surface area contributed by atoms with Crippen LogP contribution in [0.25, 0.3) is 0 Å². The van der Waals surface area contributed by atoms with Gasteiger partial charge in [-0.25, -0.2) is 4.79 Å². The molecule has 0 aliphatic rings. The van der Waals surface area contributed by atoms with Gasteiger partial charge in [0.2, 0.25) is 0 Å². The highest BCUT2D eigenvalue weighted by Crippen LogP contribution is 2.36. The lowest BCUT2D eigenvalue weighted by Crippen LogP contribution is -2.12. The van der Waals surface area contributed by atoms with E-state index in [0.717, 1.165) is 37.7 Å². The summed E-state index contributed by atoms with van der Waals surface area (Å²) < 4.78 is 5.55. The zero-order valence-electron chi connectivity index (χ0n) is 21.2. The standard InChI is InChI=1S/C30H40O4/c1-5-6-8-16-25-21-27(31)26(18-17-23(4)13-11-12-22(2)3)29(32)28(25)30(33)34-20-19-24-14-9-7-10-15-24/h7,9-10,12,14-15,17,21,31-32H,5-6,8,11,13,16,18-20H2,1-4H3/b23-17+. The first-order chi connectivity index (χ1) is 16.3. The first-order valence-corrected chi connectivity index (χ1v) is 12.4. The zero-order valence-corrected chi connectivity index (χ0v) is 21.2. The van der Waals surface area contributed by atoms with Crippen molar-refractivity contribution in [3.05, 3.63) is 82.0 Å². The van der Waals surface area contributed by atoms with Gasteiger partial charge in [-0.3, -0.25) is 0 Å². The van der Waals surface area contributed by atoms with Gasteiger partial charge in [-0.2, -0.15) is 0 Å². The number of rotatable bonds is 13. The SMILES string of the molecule is CCCCCc1cc(O)c(C/C=C(\C)CCC=C(C)C)c(O)c1C(=O)OCCc1ccccc1. The van der Waals surface area contributed by atoms with Crippen LogP contribution in [0, 0.1) is 0 Å². The number of unbranched alkanes of at least 4 members (excludes halogenated alkanes) is 2. The van der Waals surface area contributed by atoms with Gasteiger partial charge in [0.1, 0.15) is 17.1 Å². The van der Waals surface area contributed by atoms with Gasteiger partial charge in [0.25, 0.3) is 0 Å². The second-order valence-corrected chi connectivity index (χ2v) is 9.16. The van der Waals surface area contributed by atoms with Crippen LogP contribution in [0.1, 0.15) is 86.8 Å². The van der Waals surface area contributed by atoms with Gasteiger partial charge in [0.15, 0.2) is 0 Å². The third kappa shape index (κ3) is 8.74. The number of aromatic hydroxyl groups is 2. The molecule has 0 aromatic heterocycles. The van der Waals surface area contributed by atoms with Crippen molar-refractivity contribution >= 4 is 5.97 Å². The average molecular weight is 465 g/mol. The number of hydrogen-bond acceptors (Lipinski definition) is 4. The zero-order chi connectivity index (χ0) is 24.9. The van der Waals surface area contributed by atoms with Crippen molar-refractivity contribution in [3.8, 4) is 11.5 Å². The van der Waals surface area contributed by atoms with E-state index in [1.54, 1.807) is 6.07 Å². The Balaban J connectivity index is 2.22. The largest absolute Gasteiger partial charge is 0.508 e. The molecule has 184 valence electrons. The highest BCUT2D eigenvalue weighted by molar-refractivity contribution is 5.95. The third-order valence-corrected chi connectivity index (χ3v) is 5.93. The molecule has 0 radical (unpaired) electrons. The Kier molecular flexibility index (Phi) is 11.5. The molecule has 0 unspecified atom stereocenters. The molecule has 2 N–H and O–H groups in total. The van der Waals surface area contributed by atoms with Crippen LogP contribution in [0.15, 0.2) is 59.7 Å². The summed E-state index contributed by atoms with van der Waals surface area (Å²) in [5.74, 6) is -0.673. The monoisotopic (exact) mass is 464 g/mol. The van der Waals surface area contributed by atoms with Crippen LogP contribution in [0.4, 0.5) is 0 Å². The number of carbonyl (C=O) groups excluding carboxylic acids is 1. The lowest BCUT2D eigenvalue weighted by atomic mass is 9.94. The van der Waals surface area contributed by atoms with E-state index in [1.807, 2.05) is 43.3 Å². The van der Waals surface area contributed by atoms with E-state index < -0.39 is 5.97 Å². The molecule has 0 heterocycles. The number of allylic oxidation sites excluding steroid dienone is 4. The van der Waals surface area contributed by atoms with Gasteiger partial charge in [-0.15, -0.1) is 0 Å². The number of aryl methyl sites for hydroxylation is 1. The van der Waals surface area contributed by atoms with Crippen molar-refractivity contribution in [3.63, 3.8) is 0 Å². The first kappa shape index (κ1) is 27.2. The van der Waals surface area contributed by atoms with E-state index in [9.17, 15) is 15.0 Å². The molecule has 0 saturated carbocycles.